The molecule has 1 aliphatic rings. The summed E-state index contributed by atoms with van der Waals surface area (Å²) in [6.07, 6.45) is 1.75. The van der Waals surface area contributed by atoms with Crippen LogP contribution in [0.1, 0.15) is 28.6 Å². The minimum atomic E-state index is -0.982. The largest absolute Gasteiger partial charge is 0.505 e. The second-order valence-corrected chi connectivity index (χ2v) is 11.5. The van der Waals surface area contributed by atoms with E-state index in [4.69, 9.17) is 16.3 Å². The highest BCUT2D eigenvalue weighted by Gasteiger charge is 2.48. The average Bonchev–Trinajstić information content (AvgIpc) is 3.66. The first-order valence-corrected chi connectivity index (χ1v) is 14.7. The molecule has 1 amide bonds. The summed E-state index contributed by atoms with van der Waals surface area (Å²) >= 11 is 7.47. The third kappa shape index (κ3) is 4.72. The van der Waals surface area contributed by atoms with Crippen molar-refractivity contribution >= 4 is 61.4 Å². The van der Waals surface area contributed by atoms with Crippen molar-refractivity contribution in [3.63, 3.8) is 0 Å². The number of aliphatic hydroxyl groups excluding tert-OH is 1. The third-order valence-electron chi connectivity index (χ3n) is 7.34. The van der Waals surface area contributed by atoms with E-state index < -0.39 is 17.7 Å². The number of fused-ring (bicyclic) bond motifs is 2. The maximum atomic E-state index is 13.8. The molecule has 10 heteroatoms. The Kier molecular flexibility index (Phi) is 6.68. The Bertz CT molecular complexity index is 2090. The van der Waals surface area contributed by atoms with Crippen molar-refractivity contribution in [3.8, 4) is 5.75 Å². The molecule has 43 heavy (non-hydrogen) atoms. The first-order valence-electron chi connectivity index (χ1n) is 13.5. The lowest BCUT2D eigenvalue weighted by Gasteiger charge is -2.23. The number of aromatic nitrogens is 3. The lowest BCUT2D eigenvalue weighted by atomic mass is 9.96. The molecule has 0 aliphatic carbocycles. The number of amides is 1. The van der Waals surface area contributed by atoms with E-state index in [1.807, 2.05) is 42.5 Å². The number of imidazole rings is 1. The summed E-state index contributed by atoms with van der Waals surface area (Å²) in [7, 11) is 0. The number of anilines is 1. The van der Waals surface area contributed by atoms with E-state index >= 15 is 0 Å². The van der Waals surface area contributed by atoms with Gasteiger partial charge in [0.15, 0.2) is 10.9 Å². The lowest BCUT2D eigenvalue weighted by Crippen LogP contribution is -2.29. The van der Waals surface area contributed by atoms with E-state index in [9.17, 15) is 14.7 Å². The van der Waals surface area contributed by atoms with Gasteiger partial charge >= 0.3 is 5.91 Å². The molecule has 0 spiro atoms. The van der Waals surface area contributed by atoms with Crippen LogP contribution in [0.5, 0.6) is 5.75 Å². The zero-order chi connectivity index (χ0) is 29.7. The summed E-state index contributed by atoms with van der Waals surface area (Å²) < 4.78 is 8.55. The smallest absolute Gasteiger partial charge is 0.301 e. The first kappa shape index (κ1) is 26.9. The molecule has 6 aromatic rings. The number of rotatable bonds is 6. The van der Waals surface area contributed by atoms with E-state index in [1.165, 1.54) is 16.2 Å². The van der Waals surface area contributed by atoms with Gasteiger partial charge in [-0.15, -0.1) is 0 Å². The number of ether oxygens (including phenoxy) is 1. The minimum Gasteiger partial charge on any atom is -0.505 e. The van der Waals surface area contributed by atoms with Crippen molar-refractivity contribution in [1.29, 1.82) is 0 Å². The Morgan fingerprint density at radius 1 is 0.977 bits per heavy atom. The number of pyridine rings is 1. The molecule has 1 N–H and O–H groups in total. The molecule has 3 aromatic carbocycles. The number of hydrogen-bond donors (Lipinski definition) is 1. The number of aliphatic hydroxyl groups is 1. The maximum Gasteiger partial charge on any atom is 0.301 e. The topological polar surface area (TPSA) is 97.0 Å². The molecule has 8 nitrogen and oxygen atoms in total. The summed E-state index contributed by atoms with van der Waals surface area (Å²) in [4.78, 5) is 38.2. The SMILES string of the molecule is Cc1nc2ccccn2c1/C(O)=C1\C(=O)C(=O)N(c2nc3ccc(Cl)cc3s2)C1c1cccc(OCc2ccccc2)c1. The Morgan fingerprint density at radius 2 is 1.79 bits per heavy atom. The normalized spacial score (nSPS) is 16.4. The molecule has 1 aliphatic heterocycles. The van der Waals surface area contributed by atoms with Crippen LogP contribution >= 0.6 is 22.9 Å². The van der Waals surface area contributed by atoms with Crippen LogP contribution in [0.15, 0.2) is 103 Å². The van der Waals surface area contributed by atoms with Crippen molar-refractivity contribution in [2.75, 3.05) is 4.90 Å². The van der Waals surface area contributed by atoms with E-state index in [1.54, 1.807) is 66.1 Å². The number of carbonyl (C=O) groups is 2. The van der Waals surface area contributed by atoms with Crippen LogP contribution in [0.25, 0.3) is 21.6 Å². The molecule has 1 saturated heterocycles. The van der Waals surface area contributed by atoms with Gasteiger partial charge in [-0.25, -0.2) is 9.97 Å². The molecule has 0 bridgehead atoms. The van der Waals surface area contributed by atoms with Crippen molar-refractivity contribution in [3.05, 3.63) is 130 Å². The number of Topliss-reactive ketones (excluding diaryl/α,β-unsaturated/α-hetero) is 1. The second-order valence-electron chi connectivity index (χ2n) is 10.1. The number of nitrogens with zero attached hydrogens (tertiary/aromatic N) is 4. The number of hydrogen-bond acceptors (Lipinski definition) is 7. The van der Waals surface area contributed by atoms with E-state index in [0.717, 1.165) is 10.3 Å². The molecule has 0 saturated carbocycles. The van der Waals surface area contributed by atoms with E-state index in [2.05, 4.69) is 9.97 Å². The van der Waals surface area contributed by atoms with E-state index in [-0.39, 0.29) is 11.3 Å². The lowest BCUT2D eigenvalue weighted by molar-refractivity contribution is -0.132. The quantitative estimate of drug-likeness (QED) is 0.123. The number of carbonyl (C=O) groups excluding carboxylic acids is 2. The van der Waals surface area contributed by atoms with Gasteiger partial charge in [0.25, 0.3) is 5.78 Å². The van der Waals surface area contributed by atoms with Gasteiger partial charge in [0.1, 0.15) is 23.7 Å². The number of thiazole rings is 1. The molecule has 4 heterocycles. The van der Waals surface area contributed by atoms with Gasteiger partial charge in [-0.3, -0.25) is 18.9 Å². The van der Waals surface area contributed by atoms with Gasteiger partial charge < -0.3 is 9.84 Å². The van der Waals surface area contributed by atoms with Crippen molar-refractivity contribution < 1.29 is 19.4 Å². The number of ketones is 1. The van der Waals surface area contributed by atoms with Gasteiger partial charge in [-0.2, -0.15) is 0 Å². The zero-order valence-corrected chi connectivity index (χ0v) is 24.3. The molecular formula is C33H23ClN4O4S. The fourth-order valence-corrected chi connectivity index (χ4v) is 6.64. The van der Waals surface area contributed by atoms with Crippen LogP contribution in [-0.2, 0) is 16.2 Å². The monoisotopic (exact) mass is 606 g/mol. The summed E-state index contributed by atoms with van der Waals surface area (Å²) in [6.45, 7) is 2.09. The molecule has 0 radical (unpaired) electrons. The highest BCUT2D eigenvalue weighted by molar-refractivity contribution is 7.22. The van der Waals surface area contributed by atoms with Crippen molar-refractivity contribution in [2.24, 2.45) is 0 Å². The maximum absolute atomic E-state index is 13.8. The van der Waals surface area contributed by atoms with Crippen LogP contribution in [0.2, 0.25) is 5.02 Å². The minimum absolute atomic E-state index is 0.0590. The van der Waals surface area contributed by atoms with E-state index in [0.29, 0.717) is 50.6 Å². The molecule has 1 fully saturated rings. The molecule has 1 atom stereocenters. The van der Waals surface area contributed by atoms with Crippen LogP contribution in [0.3, 0.4) is 0 Å². The predicted molar refractivity (Wildman–Crippen MR) is 167 cm³/mol. The third-order valence-corrected chi connectivity index (χ3v) is 8.59. The first-order chi connectivity index (χ1) is 20.9. The Balaban J connectivity index is 1.40. The summed E-state index contributed by atoms with van der Waals surface area (Å²) in [6, 6.07) is 26.7. The van der Waals surface area contributed by atoms with Gasteiger partial charge in [-0.1, -0.05) is 71.5 Å². The van der Waals surface area contributed by atoms with Crippen LogP contribution in [0.4, 0.5) is 5.13 Å². The molecule has 3 aromatic heterocycles. The van der Waals surface area contributed by atoms with Crippen molar-refractivity contribution in [2.45, 2.75) is 19.6 Å². The number of aryl methyl sites for hydroxylation is 1. The van der Waals surface area contributed by atoms with Gasteiger partial charge in [-0.05, 0) is 60.5 Å². The zero-order valence-electron chi connectivity index (χ0n) is 22.8. The van der Waals surface area contributed by atoms with Crippen LogP contribution in [-0.4, -0.2) is 31.2 Å². The average molecular weight is 607 g/mol. The highest BCUT2D eigenvalue weighted by Crippen LogP contribution is 2.45. The van der Waals surface area contributed by atoms with Crippen LogP contribution in [0, 0.1) is 6.92 Å². The Morgan fingerprint density at radius 3 is 2.63 bits per heavy atom. The number of benzene rings is 3. The molecular weight excluding hydrogens is 584 g/mol. The molecule has 212 valence electrons. The standard InChI is InChI=1S/C33H23ClN4O4S/c1-19-28(37-15-6-5-12-26(37)35-19)30(39)27-29(21-10-7-11-23(16-21)42-18-20-8-3-2-4-9-20)38(32(41)31(27)40)33-36-24-14-13-22(34)17-25(24)43-33/h2-17,29,39H,18H2,1H3/b30-27+. The fourth-order valence-electron chi connectivity index (χ4n) is 5.38. The molecule has 7 rings (SSSR count). The van der Waals surface area contributed by atoms with Crippen LogP contribution < -0.4 is 9.64 Å². The summed E-state index contributed by atoms with van der Waals surface area (Å²) in [5.74, 6) is -1.38. The predicted octanol–water partition coefficient (Wildman–Crippen LogP) is 7.11. The highest BCUT2D eigenvalue weighted by atomic mass is 35.5. The molecule has 1 unspecified atom stereocenters. The van der Waals surface area contributed by atoms with Gasteiger partial charge in [0, 0.05) is 11.2 Å². The number of halogens is 1. The summed E-state index contributed by atoms with van der Waals surface area (Å²) in [5.41, 5.74) is 3.62. The van der Waals surface area contributed by atoms with Gasteiger partial charge in [0.2, 0.25) is 0 Å². The Hall–Kier alpha value is -4.99. The summed E-state index contributed by atoms with van der Waals surface area (Å²) in [5, 5.41) is 12.7. The van der Waals surface area contributed by atoms with Gasteiger partial charge in [0.05, 0.1) is 27.5 Å². The fraction of sp³-hybridized carbons (Fsp3) is 0.0909. The van der Waals surface area contributed by atoms with Crippen molar-refractivity contribution in [1.82, 2.24) is 14.4 Å². The second kappa shape index (κ2) is 10.7. The Labute approximate surface area is 255 Å².